The molecule has 0 fully saturated rings. The van der Waals surface area contributed by atoms with Gasteiger partial charge in [0.15, 0.2) is 0 Å². The first-order valence-electron chi connectivity index (χ1n) is 6.14. The highest BCUT2D eigenvalue weighted by atomic mass is 32.2. The third-order valence-electron chi connectivity index (χ3n) is 2.75. The van der Waals surface area contributed by atoms with Crippen molar-refractivity contribution in [3.63, 3.8) is 0 Å². The van der Waals surface area contributed by atoms with Gasteiger partial charge in [0, 0.05) is 10.6 Å². The molecule has 0 N–H and O–H groups in total. The summed E-state index contributed by atoms with van der Waals surface area (Å²) >= 11 is 1.83. The van der Waals surface area contributed by atoms with E-state index in [0.29, 0.717) is 0 Å². The lowest BCUT2D eigenvalue weighted by atomic mass is 10.1. The highest BCUT2D eigenvalue weighted by molar-refractivity contribution is 7.99. The lowest BCUT2D eigenvalue weighted by Crippen LogP contribution is -2.02. The molecule has 0 amide bonds. The van der Waals surface area contributed by atoms with Gasteiger partial charge < -0.3 is 4.74 Å². The second-order valence-electron chi connectivity index (χ2n) is 4.23. The zero-order valence-electron chi connectivity index (χ0n) is 10.8. The molecular weight excluding hydrogens is 240 g/mol. The summed E-state index contributed by atoms with van der Waals surface area (Å²) in [4.78, 5) is 1.29. The van der Waals surface area contributed by atoms with Crippen LogP contribution in [0, 0.1) is 13.8 Å². The Bertz CT molecular complexity index is 473. The third kappa shape index (κ3) is 3.54. The minimum absolute atomic E-state index is 0.741. The number of benzene rings is 2. The van der Waals surface area contributed by atoms with Crippen molar-refractivity contribution < 1.29 is 4.74 Å². The molecule has 0 heterocycles. The number of thioether (sulfide) groups is 1. The molecule has 0 spiro atoms. The van der Waals surface area contributed by atoms with E-state index in [-0.39, 0.29) is 0 Å². The number of para-hydroxylation sites is 1. The van der Waals surface area contributed by atoms with Gasteiger partial charge in [-0.25, -0.2) is 0 Å². The summed E-state index contributed by atoms with van der Waals surface area (Å²) in [6, 6.07) is 16.7. The van der Waals surface area contributed by atoms with Gasteiger partial charge in [0.25, 0.3) is 0 Å². The predicted octanol–water partition coefficient (Wildman–Crippen LogP) is 4.47. The fourth-order valence-corrected chi connectivity index (χ4v) is 2.60. The number of aryl methyl sites for hydroxylation is 2. The predicted molar refractivity (Wildman–Crippen MR) is 78.6 cm³/mol. The summed E-state index contributed by atoms with van der Waals surface area (Å²) in [6.45, 7) is 4.92. The van der Waals surface area contributed by atoms with Crippen molar-refractivity contribution in [2.75, 3.05) is 12.4 Å². The first-order chi connectivity index (χ1) is 8.77. The molecule has 0 unspecified atom stereocenters. The average Bonchev–Trinajstić information content (AvgIpc) is 2.38. The molecule has 0 aliphatic carbocycles. The minimum atomic E-state index is 0.741. The quantitative estimate of drug-likeness (QED) is 0.578. The number of ether oxygens (including phenoxy) is 1. The molecule has 18 heavy (non-hydrogen) atoms. The van der Waals surface area contributed by atoms with Gasteiger partial charge in [-0.15, -0.1) is 11.8 Å². The average molecular weight is 258 g/mol. The van der Waals surface area contributed by atoms with Crippen molar-refractivity contribution in [3.05, 3.63) is 59.7 Å². The van der Waals surface area contributed by atoms with Crippen molar-refractivity contribution in [1.82, 2.24) is 0 Å². The molecule has 2 heteroatoms. The molecule has 0 atom stereocenters. The van der Waals surface area contributed by atoms with Crippen molar-refractivity contribution in [2.45, 2.75) is 18.7 Å². The first-order valence-corrected chi connectivity index (χ1v) is 7.13. The molecule has 0 aliphatic rings. The third-order valence-corrected chi connectivity index (χ3v) is 3.73. The topological polar surface area (TPSA) is 9.23 Å². The van der Waals surface area contributed by atoms with Gasteiger partial charge in [-0.1, -0.05) is 36.4 Å². The van der Waals surface area contributed by atoms with E-state index in [1.165, 1.54) is 16.0 Å². The zero-order chi connectivity index (χ0) is 12.8. The van der Waals surface area contributed by atoms with Crippen LogP contribution in [0.1, 0.15) is 11.1 Å². The Hall–Kier alpha value is -1.41. The molecule has 0 bridgehead atoms. The molecule has 0 saturated heterocycles. The SMILES string of the molecule is Cc1cccc(C)c1OCCSc1ccccc1. The van der Waals surface area contributed by atoms with E-state index in [1.807, 2.05) is 17.8 Å². The van der Waals surface area contributed by atoms with E-state index in [0.717, 1.165) is 18.1 Å². The van der Waals surface area contributed by atoms with Crippen LogP contribution in [0.5, 0.6) is 5.75 Å². The van der Waals surface area contributed by atoms with Crippen LogP contribution in [0.3, 0.4) is 0 Å². The fraction of sp³-hybridized carbons (Fsp3) is 0.250. The number of rotatable bonds is 5. The monoisotopic (exact) mass is 258 g/mol. The summed E-state index contributed by atoms with van der Waals surface area (Å²) in [5.74, 6) is 2.00. The Morgan fingerprint density at radius 1 is 0.889 bits per heavy atom. The van der Waals surface area contributed by atoms with Crippen molar-refractivity contribution >= 4 is 11.8 Å². The molecule has 1 nitrogen and oxygen atoms in total. The van der Waals surface area contributed by atoms with Gasteiger partial charge in [0.05, 0.1) is 6.61 Å². The van der Waals surface area contributed by atoms with Crippen LogP contribution in [0.2, 0.25) is 0 Å². The summed E-state index contributed by atoms with van der Waals surface area (Å²) in [5.41, 5.74) is 2.42. The van der Waals surface area contributed by atoms with E-state index in [4.69, 9.17) is 4.74 Å². The number of hydrogen-bond acceptors (Lipinski definition) is 2. The van der Waals surface area contributed by atoms with Crippen LogP contribution >= 0.6 is 11.8 Å². The zero-order valence-corrected chi connectivity index (χ0v) is 11.7. The molecule has 94 valence electrons. The van der Waals surface area contributed by atoms with Crippen molar-refractivity contribution in [1.29, 1.82) is 0 Å². The van der Waals surface area contributed by atoms with E-state index in [2.05, 4.69) is 56.3 Å². The molecule has 0 aromatic heterocycles. The summed E-state index contributed by atoms with van der Waals surface area (Å²) in [5, 5.41) is 0. The van der Waals surface area contributed by atoms with Crippen LogP contribution < -0.4 is 4.74 Å². The van der Waals surface area contributed by atoms with Gasteiger partial charge >= 0.3 is 0 Å². The molecular formula is C16H18OS. The Kier molecular flexibility index (Phi) is 4.71. The van der Waals surface area contributed by atoms with Gasteiger partial charge in [-0.3, -0.25) is 0 Å². The normalized spacial score (nSPS) is 10.3. The summed E-state index contributed by atoms with van der Waals surface area (Å²) < 4.78 is 5.87. The largest absolute Gasteiger partial charge is 0.492 e. The maximum atomic E-state index is 5.87. The van der Waals surface area contributed by atoms with Crippen molar-refractivity contribution in [2.24, 2.45) is 0 Å². The van der Waals surface area contributed by atoms with E-state index >= 15 is 0 Å². The van der Waals surface area contributed by atoms with Crippen LogP contribution in [0.25, 0.3) is 0 Å². The fourth-order valence-electron chi connectivity index (χ4n) is 1.85. The Balaban J connectivity index is 1.82. The lowest BCUT2D eigenvalue weighted by Gasteiger charge is -2.11. The first kappa shape index (κ1) is 13.0. The van der Waals surface area contributed by atoms with Crippen LogP contribution in [0.15, 0.2) is 53.4 Å². The molecule has 2 rings (SSSR count). The van der Waals surface area contributed by atoms with Gasteiger partial charge in [0.1, 0.15) is 5.75 Å². The van der Waals surface area contributed by atoms with E-state index < -0.39 is 0 Å². The summed E-state index contributed by atoms with van der Waals surface area (Å²) in [6.07, 6.45) is 0. The van der Waals surface area contributed by atoms with Crippen LogP contribution in [-0.2, 0) is 0 Å². The molecule has 2 aromatic carbocycles. The maximum absolute atomic E-state index is 5.87. The highest BCUT2D eigenvalue weighted by Crippen LogP contribution is 2.23. The molecule has 2 aromatic rings. The standard InChI is InChI=1S/C16H18OS/c1-13-7-6-8-14(2)16(13)17-11-12-18-15-9-4-3-5-10-15/h3-10H,11-12H2,1-2H3. The summed E-state index contributed by atoms with van der Waals surface area (Å²) in [7, 11) is 0. The van der Waals surface area contributed by atoms with Gasteiger partial charge in [-0.05, 0) is 37.1 Å². The maximum Gasteiger partial charge on any atom is 0.125 e. The van der Waals surface area contributed by atoms with E-state index in [9.17, 15) is 0 Å². The van der Waals surface area contributed by atoms with Crippen LogP contribution in [0.4, 0.5) is 0 Å². The molecule has 0 aliphatic heterocycles. The second kappa shape index (κ2) is 6.50. The van der Waals surface area contributed by atoms with Crippen LogP contribution in [-0.4, -0.2) is 12.4 Å². The Morgan fingerprint density at radius 3 is 2.22 bits per heavy atom. The smallest absolute Gasteiger partial charge is 0.125 e. The highest BCUT2D eigenvalue weighted by Gasteiger charge is 2.02. The number of hydrogen-bond donors (Lipinski definition) is 0. The van der Waals surface area contributed by atoms with Gasteiger partial charge in [-0.2, -0.15) is 0 Å². The Morgan fingerprint density at radius 2 is 1.56 bits per heavy atom. The second-order valence-corrected chi connectivity index (χ2v) is 5.40. The molecule has 0 saturated carbocycles. The van der Waals surface area contributed by atoms with E-state index in [1.54, 1.807) is 0 Å². The Labute approximate surface area is 113 Å². The molecule has 0 radical (unpaired) electrons. The minimum Gasteiger partial charge on any atom is -0.492 e. The van der Waals surface area contributed by atoms with Crippen molar-refractivity contribution in [3.8, 4) is 5.75 Å². The lowest BCUT2D eigenvalue weighted by molar-refractivity contribution is 0.339. The van der Waals surface area contributed by atoms with Gasteiger partial charge in [0.2, 0.25) is 0 Å².